The van der Waals surface area contributed by atoms with Gasteiger partial charge in [-0.2, -0.15) is 0 Å². The van der Waals surface area contributed by atoms with Gasteiger partial charge in [-0.25, -0.2) is 4.79 Å². The van der Waals surface area contributed by atoms with Crippen LogP contribution in [0.1, 0.15) is 17.3 Å². The Morgan fingerprint density at radius 1 is 1.50 bits per heavy atom. The fourth-order valence-corrected chi connectivity index (χ4v) is 1.14. The maximum Gasteiger partial charge on any atom is 0.335 e. The van der Waals surface area contributed by atoms with Gasteiger partial charge in [-0.1, -0.05) is 0 Å². The molecule has 0 amide bonds. The Bertz CT molecular complexity index is 376. The predicted molar refractivity (Wildman–Crippen MR) is 59.1 cm³/mol. The highest BCUT2D eigenvalue weighted by Crippen LogP contribution is 2.28. The molecule has 1 unspecified atom stereocenters. The van der Waals surface area contributed by atoms with Crippen molar-refractivity contribution in [3.05, 3.63) is 23.8 Å². The smallest absolute Gasteiger partial charge is 0.335 e. The standard InChI is InChI=1S/C11H15NO4/c1-7(12)6-16-10-5-8(11(13)14)3-4-9(10)15-2/h3-5,7H,6,12H2,1-2H3,(H,13,14). The Morgan fingerprint density at radius 3 is 2.69 bits per heavy atom. The number of benzene rings is 1. The molecule has 16 heavy (non-hydrogen) atoms. The highest BCUT2D eigenvalue weighted by atomic mass is 16.5. The topological polar surface area (TPSA) is 81.8 Å². The monoisotopic (exact) mass is 225 g/mol. The van der Waals surface area contributed by atoms with Crippen molar-refractivity contribution in [3.63, 3.8) is 0 Å². The SMILES string of the molecule is COc1ccc(C(=O)O)cc1OCC(C)N. The fraction of sp³-hybridized carbons (Fsp3) is 0.364. The summed E-state index contributed by atoms with van der Waals surface area (Å²) in [5.74, 6) is -0.126. The first-order valence-electron chi connectivity index (χ1n) is 4.84. The van der Waals surface area contributed by atoms with Crippen molar-refractivity contribution in [1.82, 2.24) is 0 Å². The molecule has 0 saturated heterocycles. The quantitative estimate of drug-likeness (QED) is 0.784. The van der Waals surface area contributed by atoms with Crippen LogP contribution in [-0.2, 0) is 0 Å². The Morgan fingerprint density at radius 2 is 2.19 bits per heavy atom. The van der Waals surface area contributed by atoms with E-state index in [1.165, 1.54) is 19.2 Å². The van der Waals surface area contributed by atoms with E-state index in [2.05, 4.69) is 0 Å². The van der Waals surface area contributed by atoms with E-state index >= 15 is 0 Å². The second-order valence-corrected chi connectivity index (χ2v) is 3.46. The van der Waals surface area contributed by atoms with Gasteiger partial charge >= 0.3 is 5.97 Å². The number of rotatable bonds is 5. The summed E-state index contributed by atoms with van der Waals surface area (Å²) in [6, 6.07) is 4.31. The van der Waals surface area contributed by atoms with Crippen molar-refractivity contribution in [2.45, 2.75) is 13.0 Å². The summed E-state index contributed by atoms with van der Waals surface area (Å²) in [5, 5.41) is 8.83. The van der Waals surface area contributed by atoms with E-state index in [1.807, 2.05) is 0 Å². The van der Waals surface area contributed by atoms with Crippen molar-refractivity contribution in [3.8, 4) is 11.5 Å². The van der Waals surface area contributed by atoms with E-state index in [0.717, 1.165) is 0 Å². The van der Waals surface area contributed by atoms with Crippen LogP contribution in [0.3, 0.4) is 0 Å². The van der Waals surface area contributed by atoms with Crippen LogP contribution in [0, 0.1) is 0 Å². The molecule has 0 radical (unpaired) electrons. The number of carbonyl (C=O) groups is 1. The number of carboxylic acid groups (broad SMARTS) is 1. The first-order valence-corrected chi connectivity index (χ1v) is 4.84. The Kier molecular flexibility index (Phi) is 4.13. The summed E-state index contributed by atoms with van der Waals surface area (Å²) < 4.78 is 10.4. The van der Waals surface area contributed by atoms with Gasteiger partial charge in [0, 0.05) is 6.04 Å². The number of nitrogens with two attached hydrogens (primary N) is 1. The number of carboxylic acids is 1. The van der Waals surface area contributed by atoms with E-state index in [4.69, 9.17) is 20.3 Å². The molecule has 0 aliphatic rings. The van der Waals surface area contributed by atoms with Gasteiger partial charge in [-0.3, -0.25) is 0 Å². The molecule has 1 aromatic carbocycles. The third-order valence-electron chi connectivity index (χ3n) is 1.91. The molecule has 3 N–H and O–H groups in total. The maximum atomic E-state index is 10.8. The van der Waals surface area contributed by atoms with E-state index in [0.29, 0.717) is 18.1 Å². The summed E-state index contributed by atoms with van der Waals surface area (Å²) >= 11 is 0. The van der Waals surface area contributed by atoms with Gasteiger partial charge in [0.15, 0.2) is 11.5 Å². The average molecular weight is 225 g/mol. The molecule has 0 aliphatic carbocycles. The molecule has 1 aromatic rings. The third-order valence-corrected chi connectivity index (χ3v) is 1.91. The van der Waals surface area contributed by atoms with Crippen molar-refractivity contribution in [1.29, 1.82) is 0 Å². The lowest BCUT2D eigenvalue weighted by atomic mass is 10.2. The number of hydrogen-bond acceptors (Lipinski definition) is 4. The Hall–Kier alpha value is -1.75. The zero-order valence-corrected chi connectivity index (χ0v) is 9.27. The second-order valence-electron chi connectivity index (χ2n) is 3.46. The van der Waals surface area contributed by atoms with Crippen LogP contribution < -0.4 is 15.2 Å². The van der Waals surface area contributed by atoms with Crippen LogP contribution in [0.2, 0.25) is 0 Å². The van der Waals surface area contributed by atoms with Crippen LogP contribution in [0.25, 0.3) is 0 Å². The Labute approximate surface area is 93.8 Å². The molecule has 0 heterocycles. The van der Waals surface area contributed by atoms with Crippen LogP contribution in [0.15, 0.2) is 18.2 Å². The van der Waals surface area contributed by atoms with E-state index in [1.54, 1.807) is 13.0 Å². The first-order chi connectivity index (χ1) is 7.54. The summed E-state index contributed by atoms with van der Waals surface area (Å²) in [6.07, 6.45) is 0. The van der Waals surface area contributed by atoms with E-state index < -0.39 is 5.97 Å². The lowest BCUT2D eigenvalue weighted by Crippen LogP contribution is -2.23. The van der Waals surface area contributed by atoms with Gasteiger partial charge < -0.3 is 20.3 Å². The van der Waals surface area contributed by atoms with Crippen LogP contribution in [-0.4, -0.2) is 30.8 Å². The Balaban J connectivity index is 2.93. The molecule has 0 fully saturated rings. The zero-order valence-electron chi connectivity index (χ0n) is 9.27. The molecule has 1 rings (SSSR count). The van der Waals surface area contributed by atoms with Gasteiger partial charge in [-0.15, -0.1) is 0 Å². The molecule has 0 aromatic heterocycles. The minimum absolute atomic E-state index is 0.127. The van der Waals surface area contributed by atoms with Crippen LogP contribution in [0.4, 0.5) is 0 Å². The maximum absolute atomic E-state index is 10.8. The average Bonchev–Trinajstić information content (AvgIpc) is 2.25. The minimum atomic E-state index is -1.01. The highest BCUT2D eigenvalue weighted by Gasteiger charge is 2.10. The van der Waals surface area contributed by atoms with Gasteiger partial charge in [0.2, 0.25) is 0 Å². The molecular weight excluding hydrogens is 210 g/mol. The molecule has 5 heteroatoms. The molecule has 1 atom stereocenters. The zero-order chi connectivity index (χ0) is 12.1. The fourth-order valence-electron chi connectivity index (χ4n) is 1.14. The summed E-state index contributed by atoms with van der Waals surface area (Å²) in [4.78, 5) is 10.8. The number of aromatic carboxylic acids is 1. The molecule has 0 aliphatic heterocycles. The van der Waals surface area contributed by atoms with Gasteiger partial charge in [0.05, 0.1) is 12.7 Å². The van der Waals surface area contributed by atoms with Gasteiger partial charge in [0.1, 0.15) is 6.61 Å². The predicted octanol–water partition coefficient (Wildman–Crippen LogP) is 1.12. The molecule has 0 spiro atoms. The number of hydrogen-bond donors (Lipinski definition) is 2. The molecule has 0 saturated carbocycles. The molecular formula is C11H15NO4. The number of methoxy groups -OCH3 is 1. The minimum Gasteiger partial charge on any atom is -0.493 e. The first kappa shape index (κ1) is 12.3. The van der Waals surface area contributed by atoms with E-state index in [-0.39, 0.29) is 11.6 Å². The van der Waals surface area contributed by atoms with Crippen LogP contribution >= 0.6 is 0 Å². The van der Waals surface area contributed by atoms with Gasteiger partial charge in [-0.05, 0) is 25.1 Å². The second kappa shape index (κ2) is 5.37. The highest BCUT2D eigenvalue weighted by molar-refractivity contribution is 5.88. The van der Waals surface area contributed by atoms with Crippen LogP contribution in [0.5, 0.6) is 11.5 Å². The normalized spacial score (nSPS) is 11.9. The molecule has 5 nitrogen and oxygen atoms in total. The summed E-state index contributed by atoms with van der Waals surface area (Å²) in [5.41, 5.74) is 5.70. The lowest BCUT2D eigenvalue weighted by molar-refractivity contribution is 0.0696. The molecule has 88 valence electrons. The van der Waals surface area contributed by atoms with Crippen molar-refractivity contribution >= 4 is 5.97 Å². The molecule has 0 bridgehead atoms. The lowest BCUT2D eigenvalue weighted by Gasteiger charge is -2.12. The summed E-state index contributed by atoms with van der Waals surface area (Å²) in [6.45, 7) is 2.10. The third kappa shape index (κ3) is 3.13. The van der Waals surface area contributed by atoms with Gasteiger partial charge in [0.25, 0.3) is 0 Å². The van der Waals surface area contributed by atoms with Crippen molar-refractivity contribution in [2.75, 3.05) is 13.7 Å². The van der Waals surface area contributed by atoms with Crippen molar-refractivity contribution < 1.29 is 19.4 Å². The summed E-state index contributed by atoms with van der Waals surface area (Å²) in [7, 11) is 1.49. The largest absolute Gasteiger partial charge is 0.493 e. The number of ether oxygens (including phenoxy) is 2. The van der Waals surface area contributed by atoms with E-state index in [9.17, 15) is 4.79 Å². The van der Waals surface area contributed by atoms with Crippen molar-refractivity contribution in [2.24, 2.45) is 5.73 Å².